The normalized spacial score (nSPS) is 12.6. The van der Waals surface area contributed by atoms with Gasteiger partial charge in [-0.25, -0.2) is 4.98 Å². The maximum atomic E-state index is 11.1. The van der Waals surface area contributed by atoms with E-state index in [1.807, 2.05) is 41.1 Å². The molecule has 0 aliphatic heterocycles. The lowest BCUT2D eigenvalue weighted by atomic mass is 10.0. The number of benzene rings is 1. The molecule has 1 heterocycles. The number of hydrogen-bond donors (Lipinski definition) is 1. The third-order valence-corrected chi connectivity index (χ3v) is 3.18. The molecule has 19 heavy (non-hydrogen) atoms. The van der Waals surface area contributed by atoms with Gasteiger partial charge in [-0.3, -0.25) is 4.79 Å². The van der Waals surface area contributed by atoms with Gasteiger partial charge in [0.2, 0.25) is 0 Å². The van der Waals surface area contributed by atoms with E-state index in [9.17, 15) is 4.79 Å². The molecule has 2 rings (SSSR count). The second kappa shape index (κ2) is 5.69. The van der Waals surface area contributed by atoms with Crippen LogP contribution in [0.1, 0.15) is 43.5 Å². The summed E-state index contributed by atoms with van der Waals surface area (Å²) in [5, 5.41) is 9.14. The van der Waals surface area contributed by atoms with Crippen LogP contribution < -0.4 is 0 Å². The summed E-state index contributed by atoms with van der Waals surface area (Å²) in [6.45, 7) is 4.16. The van der Waals surface area contributed by atoms with Crippen molar-refractivity contribution in [3.05, 3.63) is 54.1 Å². The average molecular weight is 258 g/mol. The van der Waals surface area contributed by atoms with Gasteiger partial charge in [-0.15, -0.1) is 0 Å². The largest absolute Gasteiger partial charge is 0.481 e. The van der Waals surface area contributed by atoms with Crippen molar-refractivity contribution in [2.45, 2.75) is 32.2 Å². The van der Waals surface area contributed by atoms with E-state index >= 15 is 0 Å². The Balaban J connectivity index is 2.43. The van der Waals surface area contributed by atoms with E-state index < -0.39 is 5.97 Å². The molecule has 0 spiro atoms. The minimum absolute atomic E-state index is 0.0556. The first-order chi connectivity index (χ1) is 9.09. The van der Waals surface area contributed by atoms with Crippen molar-refractivity contribution in [2.75, 3.05) is 0 Å². The Kier molecular flexibility index (Phi) is 4.00. The monoisotopic (exact) mass is 258 g/mol. The Labute approximate surface area is 112 Å². The SMILES string of the molecule is CC(C)c1cncn1C(CC(=O)O)c1ccccc1. The minimum Gasteiger partial charge on any atom is -0.481 e. The number of rotatable bonds is 5. The topological polar surface area (TPSA) is 55.1 Å². The molecule has 0 amide bonds. The van der Waals surface area contributed by atoms with E-state index in [0.29, 0.717) is 5.92 Å². The highest BCUT2D eigenvalue weighted by atomic mass is 16.4. The smallest absolute Gasteiger partial charge is 0.305 e. The summed E-state index contributed by atoms with van der Waals surface area (Å²) in [5.41, 5.74) is 2.04. The molecule has 0 saturated heterocycles. The van der Waals surface area contributed by atoms with E-state index in [0.717, 1.165) is 11.3 Å². The Morgan fingerprint density at radius 3 is 2.58 bits per heavy atom. The van der Waals surface area contributed by atoms with Gasteiger partial charge in [0.25, 0.3) is 0 Å². The molecule has 0 radical (unpaired) electrons. The summed E-state index contributed by atoms with van der Waals surface area (Å²) in [6, 6.07) is 9.49. The van der Waals surface area contributed by atoms with Crippen molar-refractivity contribution >= 4 is 5.97 Å². The summed E-state index contributed by atoms with van der Waals surface area (Å²) in [4.78, 5) is 15.3. The summed E-state index contributed by atoms with van der Waals surface area (Å²) in [7, 11) is 0. The van der Waals surface area contributed by atoms with Gasteiger partial charge in [0.15, 0.2) is 0 Å². The molecule has 4 nitrogen and oxygen atoms in total. The van der Waals surface area contributed by atoms with Crippen LogP contribution in [0.3, 0.4) is 0 Å². The fraction of sp³-hybridized carbons (Fsp3) is 0.333. The Bertz CT molecular complexity index is 546. The molecule has 1 atom stereocenters. The first kappa shape index (κ1) is 13.3. The van der Waals surface area contributed by atoms with Crippen molar-refractivity contribution in [1.82, 2.24) is 9.55 Å². The van der Waals surface area contributed by atoms with Crippen LogP contribution in [-0.4, -0.2) is 20.6 Å². The van der Waals surface area contributed by atoms with Gasteiger partial charge in [0.05, 0.1) is 18.8 Å². The predicted octanol–water partition coefficient (Wildman–Crippen LogP) is 3.07. The second-order valence-electron chi connectivity index (χ2n) is 4.90. The van der Waals surface area contributed by atoms with Gasteiger partial charge in [-0.1, -0.05) is 44.2 Å². The molecule has 1 N–H and O–H groups in total. The molecule has 1 aromatic heterocycles. The Hall–Kier alpha value is -2.10. The van der Waals surface area contributed by atoms with Crippen LogP contribution in [0, 0.1) is 0 Å². The molecule has 0 saturated carbocycles. The molecular formula is C15H18N2O2. The van der Waals surface area contributed by atoms with Crippen LogP contribution in [0.5, 0.6) is 0 Å². The van der Waals surface area contributed by atoms with Crippen LogP contribution in [0.4, 0.5) is 0 Å². The predicted molar refractivity (Wildman–Crippen MR) is 73.1 cm³/mol. The molecule has 100 valence electrons. The lowest BCUT2D eigenvalue weighted by molar-refractivity contribution is -0.137. The second-order valence-corrected chi connectivity index (χ2v) is 4.90. The van der Waals surface area contributed by atoms with Gasteiger partial charge >= 0.3 is 5.97 Å². The van der Waals surface area contributed by atoms with Crippen molar-refractivity contribution in [2.24, 2.45) is 0 Å². The number of nitrogens with zero attached hydrogens (tertiary/aromatic N) is 2. The summed E-state index contributed by atoms with van der Waals surface area (Å²) in [6.07, 6.45) is 3.58. The number of imidazole rings is 1. The number of hydrogen-bond acceptors (Lipinski definition) is 2. The third kappa shape index (κ3) is 3.02. The van der Waals surface area contributed by atoms with Crippen LogP contribution in [-0.2, 0) is 4.79 Å². The first-order valence-electron chi connectivity index (χ1n) is 6.38. The number of aromatic nitrogens is 2. The third-order valence-electron chi connectivity index (χ3n) is 3.18. The molecule has 0 aliphatic rings. The Morgan fingerprint density at radius 1 is 1.32 bits per heavy atom. The van der Waals surface area contributed by atoms with Crippen molar-refractivity contribution in [3.8, 4) is 0 Å². The highest BCUT2D eigenvalue weighted by Gasteiger charge is 2.20. The molecule has 1 aromatic carbocycles. The standard InChI is InChI=1S/C15H18N2O2/c1-11(2)14-9-16-10-17(14)13(8-15(18)19)12-6-4-3-5-7-12/h3-7,9-11,13H,8H2,1-2H3,(H,18,19). The molecular weight excluding hydrogens is 240 g/mol. The van der Waals surface area contributed by atoms with E-state index in [1.54, 1.807) is 6.33 Å². The van der Waals surface area contributed by atoms with Gasteiger partial charge in [0.1, 0.15) is 0 Å². The number of carboxylic acids is 1. The van der Waals surface area contributed by atoms with E-state index in [2.05, 4.69) is 18.8 Å². The number of carbonyl (C=O) groups is 1. The zero-order valence-corrected chi connectivity index (χ0v) is 11.2. The maximum Gasteiger partial charge on any atom is 0.305 e. The molecule has 0 aliphatic carbocycles. The van der Waals surface area contributed by atoms with Crippen molar-refractivity contribution < 1.29 is 9.90 Å². The highest BCUT2D eigenvalue weighted by Crippen LogP contribution is 2.26. The van der Waals surface area contributed by atoms with Gasteiger partial charge in [-0.05, 0) is 11.5 Å². The van der Waals surface area contributed by atoms with E-state index in [4.69, 9.17) is 5.11 Å². The van der Waals surface area contributed by atoms with Crippen LogP contribution in [0.2, 0.25) is 0 Å². The van der Waals surface area contributed by atoms with Gasteiger partial charge < -0.3 is 9.67 Å². The fourth-order valence-electron chi connectivity index (χ4n) is 2.24. The molecule has 0 bridgehead atoms. The maximum absolute atomic E-state index is 11.1. The molecule has 1 unspecified atom stereocenters. The van der Waals surface area contributed by atoms with Gasteiger partial charge in [0, 0.05) is 11.9 Å². The fourth-order valence-corrected chi connectivity index (χ4v) is 2.24. The average Bonchev–Trinajstić information content (AvgIpc) is 2.86. The quantitative estimate of drug-likeness (QED) is 0.896. The zero-order valence-electron chi connectivity index (χ0n) is 11.2. The van der Waals surface area contributed by atoms with Crippen LogP contribution in [0.15, 0.2) is 42.9 Å². The molecule has 4 heteroatoms. The Morgan fingerprint density at radius 2 is 2.00 bits per heavy atom. The van der Waals surface area contributed by atoms with Crippen LogP contribution in [0.25, 0.3) is 0 Å². The number of carboxylic acid groups (broad SMARTS) is 1. The van der Waals surface area contributed by atoms with Crippen LogP contribution >= 0.6 is 0 Å². The zero-order chi connectivity index (χ0) is 13.8. The summed E-state index contributed by atoms with van der Waals surface area (Å²) < 4.78 is 1.97. The molecule has 0 fully saturated rings. The lowest BCUT2D eigenvalue weighted by Gasteiger charge is -2.21. The summed E-state index contributed by atoms with van der Waals surface area (Å²) in [5.74, 6) is -0.500. The summed E-state index contributed by atoms with van der Waals surface area (Å²) >= 11 is 0. The first-order valence-corrected chi connectivity index (χ1v) is 6.38. The number of aliphatic carboxylic acids is 1. The highest BCUT2D eigenvalue weighted by molar-refractivity contribution is 5.68. The van der Waals surface area contributed by atoms with Crippen molar-refractivity contribution in [1.29, 1.82) is 0 Å². The minimum atomic E-state index is -0.808. The van der Waals surface area contributed by atoms with Crippen molar-refractivity contribution in [3.63, 3.8) is 0 Å². The van der Waals surface area contributed by atoms with Gasteiger partial charge in [-0.2, -0.15) is 0 Å². The van der Waals surface area contributed by atoms with E-state index in [-0.39, 0.29) is 12.5 Å². The lowest BCUT2D eigenvalue weighted by Crippen LogP contribution is -2.17. The molecule has 2 aromatic rings. The van der Waals surface area contributed by atoms with E-state index in [1.165, 1.54) is 0 Å².